The SMILES string of the molecule is CCOc1c(C)cc(NC(=O)C(C#N)C(C)C)cc1C. The Bertz CT molecular complexity index is 507. The number of nitrogens with one attached hydrogen (secondary N) is 1. The highest BCUT2D eigenvalue weighted by atomic mass is 16.5. The maximum absolute atomic E-state index is 12.1. The molecular weight excluding hydrogens is 252 g/mol. The Morgan fingerprint density at radius 3 is 2.30 bits per heavy atom. The minimum atomic E-state index is -0.637. The van der Waals surface area contributed by atoms with E-state index in [4.69, 9.17) is 10.00 Å². The number of carbonyl (C=O) groups excluding carboxylic acids is 1. The van der Waals surface area contributed by atoms with E-state index in [-0.39, 0.29) is 11.8 Å². The molecule has 0 aliphatic heterocycles. The van der Waals surface area contributed by atoms with Crippen molar-refractivity contribution in [3.63, 3.8) is 0 Å². The second-order valence-corrected chi connectivity index (χ2v) is 5.21. The third-order valence-electron chi connectivity index (χ3n) is 3.10. The van der Waals surface area contributed by atoms with Gasteiger partial charge in [0, 0.05) is 5.69 Å². The minimum absolute atomic E-state index is 0.00936. The highest BCUT2D eigenvalue weighted by molar-refractivity contribution is 5.94. The summed E-state index contributed by atoms with van der Waals surface area (Å²) in [5, 5.41) is 11.8. The summed E-state index contributed by atoms with van der Waals surface area (Å²) in [5.74, 6) is -0.0521. The Kier molecular flexibility index (Phi) is 5.57. The fourth-order valence-electron chi connectivity index (χ4n) is 2.12. The number of benzene rings is 1. The molecule has 4 nitrogen and oxygen atoms in total. The molecule has 0 bridgehead atoms. The molecule has 0 aromatic heterocycles. The van der Waals surface area contributed by atoms with Gasteiger partial charge in [-0.1, -0.05) is 13.8 Å². The van der Waals surface area contributed by atoms with Gasteiger partial charge in [0.1, 0.15) is 11.7 Å². The second kappa shape index (κ2) is 6.95. The van der Waals surface area contributed by atoms with Crippen molar-refractivity contribution in [3.05, 3.63) is 23.3 Å². The van der Waals surface area contributed by atoms with Gasteiger partial charge in [-0.2, -0.15) is 5.26 Å². The predicted molar refractivity (Wildman–Crippen MR) is 79.7 cm³/mol. The normalized spacial score (nSPS) is 11.8. The molecule has 1 aromatic carbocycles. The summed E-state index contributed by atoms with van der Waals surface area (Å²) in [5.41, 5.74) is 2.65. The molecule has 0 saturated carbocycles. The summed E-state index contributed by atoms with van der Waals surface area (Å²) < 4.78 is 5.57. The highest BCUT2D eigenvalue weighted by Crippen LogP contribution is 2.27. The first kappa shape index (κ1) is 16.0. The Morgan fingerprint density at radius 1 is 1.35 bits per heavy atom. The Hall–Kier alpha value is -2.02. The Balaban J connectivity index is 2.95. The molecule has 108 valence electrons. The van der Waals surface area contributed by atoms with Crippen LogP contribution in [0.25, 0.3) is 0 Å². The third kappa shape index (κ3) is 3.74. The van der Waals surface area contributed by atoms with Gasteiger partial charge in [0.15, 0.2) is 0 Å². The van der Waals surface area contributed by atoms with Gasteiger partial charge >= 0.3 is 0 Å². The van der Waals surface area contributed by atoms with Crippen LogP contribution in [0.5, 0.6) is 5.75 Å². The van der Waals surface area contributed by atoms with Crippen molar-refractivity contribution in [1.82, 2.24) is 0 Å². The van der Waals surface area contributed by atoms with E-state index in [0.717, 1.165) is 16.9 Å². The molecule has 1 atom stereocenters. The molecule has 20 heavy (non-hydrogen) atoms. The lowest BCUT2D eigenvalue weighted by Gasteiger charge is -2.16. The number of aryl methyl sites for hydroxylation is 2. The lowest BCUT2D eigenvalue weighted by atomic mass is 9.96. The maximum Gasteiger partial charge on any atom is 0.241 e. The van der Waals surface area contributed by atoms with Crippen LogP contribution < -0.4 is 10.1 Å². The van der Waals surface area contributed by atoms with Crippen LogP contribution in [0.3, 0.4) is 0 Å². The van der Waals surface area contributed by atoms with Gasteiger partial charge in [0.25, 0.3) is 0 Å². The van der Waals surface area contributed by atoms with Gasteiger partial charge in [-0.25, -0.2) is 0 Å². The average molecular weight is 274 g/mol. The van der Waals surface area contributed by atoms with E-state index in [0.29, 0.717) is 12.3 Å². The number of rotatable bonds is 5. The molecule has 1 unspecified atom stereocenters. The molecule has 0 saturated heterocycles. The van der Waals surface area contributed by atoms with Gasteiger partial charge in [-0.05, 0) is 49.9 Å². The molecule has 0 aliphatic rings. The molecule has 0 fully saturated rings. The molecule has 0 heterocycles. The van der Waals surface area contributed by atoms with E-state index in [1.807, 2.05) is 52.8 Å². The van der Waals surface area contributed by atoms with E-state index < -0.39 is 5.92 Å². The first-order valence-electron chi connectivity index (χ1n) is 6.85. The van der Waals surface area contributed by atoms with Crippen molar-refractivity contribution in [1.29, 1.82) is 5.26 Å². The number of nitriles is 1. The number of hydrogen-bond acceptors (Lipinski definition) is 3. The fourth-order valence-corrected chi connectivity index (χ4v) is 2.12. The molecule has 1 amide bonds. The van der Waals surface area contributed by atoms with Crippen molar-refractivity contribution in [2.24, 2.45) is 11.8 Å². The van der Waals surface area contributed by atoms with Gasteiger partial charge in [-0.3, -0.25) is 4.79 Å². The van der Waals surface area contributed by atoms with Crippen molar-refractivity contribution in [3.8, 4) is 11.8 Å². The molecule has 0 aliphatic carbocycles. The van der Waals surface area contributed by atoms with Crippen LogP contribution in [0.1, 0.15) is 31.9 Å². The van der Waals surface area contributed by atoms with Crippen LogP contribution in [0.4, 0.5) is 5.69 Å². The molecule has 1 N–H and O–H groups in total. The first-order chi connectivity index (χ1) is 9.40. The molecular formula is C16H22N2O2. The number of nitrogens with zero attached hydrogens (tertiary/aromatic N) is 1. The van der Waals surface area contributed by atoms with E-state index in [9.17, 15) is 4.79 Å². The lowest BCUT2D eigenvalue weighted by molar-refractivity contribution is -0.119. The van der Waals surface area contributed by atoms with E-state index in [2.05, 4.69) is 5.32 Å². The number of amides is 1. The van der Waals surface area contributed by atoms with Crippen LogP contribution in [-0.2, 0) is 4.79 Å². The van der Waals surface area contributed by atoms with Crippen LogP contribution >= 0.6 is 0 Å². The molecule has 4 heteroatoms. The van der Waals surface area contributed by atoms with Crippen LogP contribution in [0, 0.1) is 37.0 Å². The quantitative estimate of drug-likeness (QED) is 0.894. The standard InChI is InChI=1S/C16H22N2O2/c1-6-20-15-11(4)7-13(8-12(15)5)18-16(19)14(9-17)10(2)3/h7-8,10,14H,6H2,1-5H3,(H,18,19). The second-order valence-electron chi connectivity index (χ2n) is 5.21. The van der Waals surface area contributed by atoms with E-state index >= 15 is 0 Å². The Labute approximate surface area is 120 Å². The van der Waals surface area contributed by atoms with Crippen molar-refractivity contribution < 1.29 is 9.53 Å². The topological polar surface area (TPSA) is 62.1 Å². The summed E-state index contributed by atoms with van der Waals surface area (Å²) in [6.07, 6.45) is 0. The number of hydrogen-bond donors (Lipinski definition) is 1. The summed E-state index contributed by atoms with van der Waals surface area (Å²) in [6.45, 7) is 10.2. The number of ether oxygens (including phenoxy) is 1. The zero-order valence-electron chi connectivity index (χ0n) is 12.8. The summed E-state index contributed by atoms with van der Waals surface area (Å²) in [4.78, 5) is 12.1. The molecule has 1 aromatic rings. The third-order valence-corrected chi connectivity index (χ3v) is 3.10. The Morgan fingerprint density at radius 2 is 1.90 bits per heavy atom. The first-order valence-corrected chi connectivity index (χ1v) is 6.85. The van der Waals surface area contributed by atoms with Gasteiger partial charge < -0.3 is 10.1 Å². The monoisotopic (exact) mass is 274 g/mol. The average Bonchev–Trinajstić information content (AvgIpc) is 2.34. The van der Waals surface area contributed by atoms with E-state index in [1.54, 1.807) is 0 Å². The summed E-state index contributed by atoms with van der Waals surface area (Å²) in [7, 11) is 0. The predicted octanol–water partition coefficient (Wildman–Crippen LogP) is 3.44. The molecule has 1 rings (SSSR count). The van der Waals surface area contributed by atoms with Crippen LogP contribution in [0.15, 0.2) is 12.1 Å². The summed E-state index contributed by atoms with van der Waals surface area (Å²) in [6, 6.07) is 5.78. The smallest absolute Gasteiger partial charge is 0.241 e. The zero-order chi connectivity index (χ0) is 15.3. The summed E-state index contributed by atoms with van der Waals surface area (Å²) >= 11 is 0. The van der Waals surface area contributed by atoms with E-state index in [1.165, 1.54) is 0 Å². The fraction of sp³-hybridized carbons (Fsp3) is 0.500. The maximum atomic E-state index is 12.1. The largest absolute Gasteiger partial charge is 0.493 e. The zero-order valence-corrected chi connectivity index (χ0v) is 12.8. The molecule has 0 radical (unpaired) electrons. The highest BCUT2D eigenvalue weighted by Gasteiger charge is 2.22. The van der Waals surface area contributed by atoms with Gasteiger partial charge in [-0.15, -0.1) is 0 Å². The van der Waals surface area contributed by atoms with Crippen LogP contribution in [-0.4, -0.2) is 12.5 Å². The van der Waals surface area contributed by atoms with Gasteiger partial charge in [0.05, 0.1) is 12.7 Å². The van der Waals surface area contributed by atoms with Crippen molar-refractivity contribution in [2.45, 2.75) is 34.6 Å². The number of carbonyl (C=O) groups is 1. The number of anilines is 1. The van der Waals surface area contributed by atoms with Crippen molar-refractivity contribution in [2.75, 3.05) is 11.9 Å². The van der Waals surface area contributed by atoms with Gasteiger partial charge in [0.2, 0.25) is 5.91 Å². The minimum Gasteiger partial charge on any atom is -0.493 e. The molecule has 0 spiro atoms. The lowest BCUT2D eigenvalue weighted by Crippen LogP contribution is -2.25. The van der Waals surface area contributed by atoms with Crippen molar-refractivity contribution >= 4 is 11.6 Å². The van der Waals surface area contributed by atoms with Crippen LogP contribution in [0.2, 0.25) is 0 Å².